The third-order valence-electron chi connectivity index (χ3n) is 2.62. The van der Waals surface area contributed by atoms with Crippen molar-refractivity contribution in [1.29, 1.82) is 0 Å². The second-order valence-corrected chi connectivity index (χ2v) is 4.82. The molecule has 2 aromatic rings. The number of carboxylic acid groups (broad SMARTS) is 1. The van der Waals surface area contributed by atoms with Crippen LogP contribution >= 0.6 is 11.8 Å². The van der Waals surface area contributed by atoms with Gasteiger partial charge in [-0.05, 0) is 31.4 Å². The van der Waals surface area contributed by atoms with Crippen LogP contribution in [-0.4, -0.2) is 27.1 Å². The second kappa shape index (κ2) is 5.27. The van der Waals surface area contributed by atoms with E-state index in [-0.39, 0.29) is 0 Å². The van der Waals surface area contributed by atoms with Gasteiger partial charge in [0.1, 0.15) is 0 Å². The van der Waals surface area contributed by atoms with Crippen LogP contribution < -0.4 is 5.43 Å². The molecule has 0 atom stereocenters. The Labute approximate surface area is 113 Å². The van der Waals surface area contributed by atoms with Gasteiger partial charge in [0.05, 0.1) is 5.69 Å². The lowest BCUT2D eigenvalue weighted by Gasteiger charge is -2.08. The monoisotopic (exact) mass is 276 g/mol. The molecular weight excluding hydrogens is 264 g/mol. The largest absolute Gasteiger partial charge is 0.476 e. The number of aromatic nitrogens is 2. The summed E-state index contributed by atoms with van der Waals surface area (Å²) in [4.78, 5) is 23.7. The molecule has 1 aromatic carbocycles. The lowest BCUT2D eigenvalue weighted by atomic mass is 10.2. The van der Waals surface area contributed by atoms with E-state index in [4.69, 9.17) is 5.11 Å². The van der Waals surface area contributed by atoms with Gasteiger partial charge in [0, 0.05) is 16.7 Å². The van der Waals surface area contributed by atoms with Crippen LogP contribution in [0.2, 0.25) is 0 Å². The molecular formula is C13H12N2O3S. The Hall–Kier alpha value is -2.08. The third-order valence-corrected chi connectivity index (χ3v) is 3.34. The summed E-state index contributed by atoms with van der Waals surface area (Å²) in [5.74, 6) is -1.32. The number of carboxylic acids is 1. The SMILES string of the molecule is CSc1cccc(-n2cc(C)c(=O)c(C(=O)O)n2)c1. The van der Waals surface area contributed by atoms with Gasteiger partial charge >= 0.3 is 5.97 Å². The first kappa shape index (κ1) is 13.4. The van der Waals surface area contributed by atoms with Crippen molar-refractivity contribution >= 4 is 17.7 Å². The van der Waals surface area contributed by atoms with E-state index >= 15 is 0 Å². The maximum absolute atomic E-state index is 11.7. The maximum atomic E-state index is 11.7. The molecule has 0 bridgehead atoms. The molecule has 0 fully saturated rings. The number of nitrogens with zero attached hydrogens (tertiary/aromatic N) is 2. The molecule has 19 heavy (non-hydrogen) atoms. The predicted octanol–water partition coefficient (Wildman–Crippen LogP) is 1.96. The fourth-order valence-electron chi connectivity index (χ4n) is 1.64. The minimum Gasteiger partial charge on any atom is -0.476 e. The molecule has 0 unspecified atom stereocenters. The van der Waals surface area contributed by atoms with Crippen LogP contribution in [0.4, 0.5) is 0 Å². The molecule has 0 saturated heterocycles. The zero-order valence-electron chi connectivity index (χ0n) is 10.5. The molecule has 0 aliphatic heterocycles. The molecule has 0 aliphatic rings. The van der Waals surface area contributed by atoms with Crippen LogP contribution in [0.15, 0.2) is 40.2 Å². The van der Waals surface area contributed by atoms with Crippen molar-refractivity contribution in [3.8, 4) is 5.69 Å². The lowest BCUT2D eigenvalue weighted by molar-refractivity contribution is 0.0686. The van der Waals surface area contributed by atoms with Gasteiger partial charge in [0.2, 0.25) is 11.1 Å². The molecule has 0 amide bonds. The average Bonchev–Trinajstić information content (AvgIpc) is 2.41. The van der Waals surface area contributed by atoms with E-state index in [0.717, 1.165) is 10.6 Å². The third kappa shape index (κ3) is 2.68. The van der Waals surface area contributed by atoms with Gasteiger partial charge in [-0.15, -0.1) is 11.8 Å². The number of hydrogen-bond donors (Lipinski definition) is 1. The Bertz CT molecular complexity index is 695. The van der Waals surface area contributed by atoms with Crippen molar-refractivity contribution < 1.29 is 9.90 Å². The number of rotatable bonds is 3. The average molecular weight is 276 g/mol. The second-order valence-electron chi connectivity index (χ2n) is 3.94. The van der Waals surface area contributed by atoms with E-state index in [9.17, 15) is 9.59 Å². The summed E-state index contributed by atoms with van der Waals surface area (Å²) in [6, 6.07) is 7.49. The summed E-state index contributed by atoms with van der Waals surface area (Å²) < 4.78 is 1.42. The van der Waals surface area contributed by atoms with Crippen molar-refractivity contribution in [3.63, 3.8) is 0 Å². The summed E-state index contributed by atoms with van der Waals surface area (Å²) in [5, 5.41) is 12.9. The highest BCUT2D eigenvalue weighted by Gasteiger charge is 2.14. The number of thioether (sulfide) groups is 1. The highest BCUT2D eigenvalue weighted by molar-refractivity contribution is 7.98. The van der Waals surface area contributed by atoms with Crippen molar-refractivity contribution in [2.75, 3.05) is 6.26 Å². The van der Waals surface area contributed by atoms with Crippen molar-refractivity contribution in [1.82, 2.24) is 9.78 Å². The van der Waals surface area contributed by atoms with Crippen molar-refractivity contribution in [2.45, 2.75) is 11.8 Å². The highest BCUT2D eigenvalue weighted by atomic mass is 32.2. The van der Waals surface area contributed by atoms with E-state index in [2.05, 4.69) is 5.10 Å². The molecule has 0 spiro atoms. The lowest BCUT2D eigenvalue weighted by Crippen LogP contribution is -2.23. The van der Waals surface area contributed by atoms with E-state index in [1.54, 1.807) is 18.7 Å². The first-order valence-corrected chi connectivity index (χ1v) is 6.73. The molecule has 1 heterocycles. The molecule has 98 valence electrons. The van der Waals surface area contributed by atoms with Gasteiger partial charge in [-0.1, -0.05) is 6.07 Å². The van der Waals surface area contributed by atoms with Gasteiger partial charge < -0.3 is 5.11 Å². The molecule has 6 heteroatoms. The minimum absolute atomic E-state index is 0.349. The Morgan fingerprint density at radius 1 is 1.42 bits per heavy atom. The quantitative estimate of drug-likeness (QED) is 0.868. The summed E-state index contributed by atoms with van der Waals surface area (Å²) in [5.41, 5.74) is 0.0544. The van der Waals surface area contributed by atoms with Crippen LogP contribution in [0.1, 0.15) is 16.1 Å². The zero-order chi connectivity index (χ0) is 14.0. The fraction of sp³-hybridized carbons (Fsp3) is 0.154. The maximum Gasteiger partial charge on any atom is 0.360 e. The topological polar surface area (TPSA) is 72.2 Å². The van der Waals surface area contributed by atoms with Gasteiger partial charge in [-0.3, -0.25) is 4.79 Å². The summed E-state index contributed by atoms with van der Waals surface area (Å²) in [7, 11) is 0. The van der Waals surface area contributed by atoms with Gasteiger partial charge in [-0.2, -0.15) is 5.10 Å². The Morgan fingerprint density at radius 3 is 2.79 bits per heavy atom. The number of aryl methyl sites for hydroxylation is 1. The fourth-order valence-corrected chi connectivity index (χ4v) is 2.09. The van der Waals surface area contributed by atoms with E-state index in [0.29, 0.717) is 5.56 Å². The van der Waals surface area contributed by atoms with E-state index < -0.39 is 17.1 Å². The number of carbonyl (C=O) groups is 1. The Morgan fingerprint density at radius 2 is 2.16 bits per heavy atom. The van der Waals surface area contributed by atoms with Gasteiger partial charge in [0.15, 0.2) is 0 Å². The predicted molar refractivity (Wildman–Crippen MR) is 73.3 cm³/mol. The summed E-state index contributed by atoms with van der Waals surface area (Å²) >= 11 is 1.58. The molecule has 1 aromatic heterocycles. The normalized spacial score (nSPS) is 10.4. The van der Waals surface area contributed by atoms with Gasteiger partial charge in [-0.25, -0.2) is 9.48 Å². The summed E-state index contributed by atoms with van der Waals surface area (Å²) in [6.45, 7) is 1.57. The zero-order valence-corrected chi connectivity index (χ0v) is 11.3. The van der Waals surface area contributed by atoms with Crippen molar-refractivity contribution in [2.24, 2.45) is 0 Å². The Balaban J connectivity index is 2.62. The van der Waals surface area contributed by atoms with E-state index in [1.165, 1.54) is 10.9 Å². The first-order valence-electron chi connectivity index (χ1n) is 5.51. The molecule has 0 aliphatic carbocycles. The van der Waals surface area contributed by atoms with Crippen LogP contribution in [0.25, 0.3) is 5.69 Å². The minimum atomic E-state index is -1.32. The molecule has 0 radical (unpaired) electrons. The molecule has 0 saturated carbocycles. The van der Waals surface area contributed by atoms with Crippen LogP contribution in [0, 0.1) is 6.92 Å². The van der Waals surface area contributed by atoms with Crippen LogP contribution in [0.3, 0.4) is 0 Å². The smallest absolute Gasteiger partial charge is 0.360 e. The first-order chi connectivity index (χ1) is 9.02. The standard InChI is InChI=1S/C13H12N2O3S/c1-8-7-15(14-11(12(8)16)13(17)18)9-4-3-5-10(6-9)19-2/h3-7H,1-2H3,(H,17,18). The summed E-state index contributed by atoms with van der Waals surface area (Å²) in [6.07, 6.45) is 3.49. The van der Waals surface area contributed by atoms with Crippen LogP contribution in [0.5, 0.6) is 0 Å². The molecule has 2 rings (SSSR count). The van der Waals surface area contributed by atoms with E-state index in [1.807, 2.05) is 30.5 Å². The number of benzene rings is 1. The van der Waals surface area contributed by atoms with Crippen molar-refractivity contribution in [3.05, 3.63) is 51.9 Å². The molecule has 1 N–H and O–H groups in total. The highest BCUT2D eigenvalue weighted by Crippen LogP contribution is 2.17. The van der Waals surface area contributed by atoms with Crippen LogP contribution in [-0.2, 0) is 0 Å². The number of hydrogen-bond acceptors (Lipinski definition) is 4. The number of aromatic carboxylic acids is 1. The van der Waals surface area contributed by atoms with Gasteiger partial charge in [0.25, 0.3) is 0 Å². The molecule has 5 nitrogen and oxygen atoms in total. The Kier molecular flexibility index (Phi) is 3.71.